The van der Waals surface area contributed by atoms with E-state index in [1.54, 1.807) is 11.3 Å². The van der Waals surface area contributed by atoms with Gasteiger partial charge in [-0.15, -0.1) is 10.3 Å². The summed E-state index contributed by atoms with van der Waals surface area (Å²) in [6.07, 6.45) is 5.85. The maximum absolute atomic E-state index is 11.4. The smallest absolute Gasteiger partial charge is 0.230 e. The summed E-state index contributed by atoms with van der Waals surface area (Å²) in [5.41, 5.74) is 0. The molecule has 17 heavy (non-hydrogen) atoms. The summed E-state index contributed by atoms with van der Waals surface area (Å²) in [5.74, 6) is 0.0979. The van der Waals surface area contributed by atoms with Crippen LogP contribution in [0.4, 0.5) is 0 Å². The van der Waals surface area contributed by atoms with Gasteiger partial charge in [0.15, 0.2) is 0 Å². The Bertz CT molecular complexity index is 344. The van der Waals surface area contributed by atoms with Crippen LogP contribution in [0.5, 0.6) is 0 Å². The van der Waals surface area contributed by atoms with E-state index in [9.17, 15) is 4.79 Å². The molecule has 1 aromatic heterocycles. The van der Waals surface area contributed by atoms with Crippen LogP contribution in [0.3, 0.4) is 0 Å². The number of carbonyl (C=O) groups excluding carboxylic acids is 1. The Kier molecular flexibility index (Phi) is 6.98. The van der Waals surface area contributed by atoms with Gasteiger partial charge in [0, 0.05) is 45.2 Å². The molecular weight excluding hydrogens is 306 g/mol. The van der Waals surface area contributed by atoms with E-state index in [0.29, 0.717) is 6.42 Å². The zero-order valence-electron chi connectivity index (χ0n) is 9.89. The molecule has 1 saturated heterocycles. The van der Waals surface area contributed by atoms with Crippen molar-refractivity contribution < 1.29 is 37.5 Å². The molecule has 1 unspecified atom stereocenters. The molecule has 0 N–H and O–H groups in total. The molecule has 0 bridgehead atoms. The molecule has 0 spiro atoms. The minimum Gasteiger partial charge on any atom is -0.394 e. The van der Waals surface area contributed by atoms with Gasteiger partial charge < -0.3 is 16.1 Å². The van der Waals surface area contributed by atoms with Crippen LogP contribution in [0, 0.1) is 5.38 Å². The zero-order chi connectivity index (χ0) is 11.4. The number of piperidine rings is 1. The standard InChI is InChI=1S/C12H15BNOS.Y/c13-14-10(5-2-8-12(14)15)4-1-6-11-7-3-9-16-11;/h3,7,10H,1-2,4-6,8H2;/q-1;. The first-order valence-corrected chi connectivity index (χ1v) is 6.60. The van der Waals surface area contributed by atoms with Crippen LogP contribution in [0.2, 0.25) is 0 Å². The van der Waals surface area contributed by atoms with Gasteiger partial charge in [0.1, 0.15) is 0 Å². The molecule has 0 aromatic carbocycles. The Balaban J connectivity index is 0.00000144. The second-order valence-electron chi connectivity index (χ2n) is 4.26. The molecule has 1 aromatic rings. The van der Waals surface area contributed by atoms with Gasteiger partial charge >= 0.3 is 0 Å². The average molecular weight is 321 g/mol. The molecule has 1 amide bonds. The van der Waals surface area contributed by atoms with Crippen LogP contribution in [-0.4, -0.2) is 24.7 Å². The molecule has 1 aliphatic heterocycles. The number of hydrogen-bond acceptors (Lipinski definition) is 2. The van der Waals surface area contributed by atoms with E-state index in [-0.39, 0.29) is 44.7 Å². The van der Waals surface area contributed by atoms with Crippen molar-refractivity contribution in [1.29, 1.82) is 0 Å². The SMILES string of the molecule is [B]N1C(=O)CCCC1CCCc1cc[c-]s1.[Y]. The Hall–Kier alpha value is 0.339. The summed E-state index contributed by atoms with van der Waals surface area (Å²) in [6.45, 7) is 0. The first kappa shape index (κ1) is 15.4. The number of rotatable bonds is 4. The molecule has 1 fully saturated rings. The topological polar surface area (TPSA) is 20.3 Å². The van der Waals surface area contributed by atoms with Gasteiger partial charge in [-0.05, 0) is 19.3 Å². The molecule has 2 heterocycles. The van der Waals surface area contributed by atoms with Crippen LogP contribution < -0.4 is 0 Å². The van der Waals surface area contributed by atoms with Crippen LogP contribution >= 0.6 is 11.3 Å². The predicted molar refractivity (Wildman–Crippen MR) is 66.3 cm³/mol. The molecule has 3 radical (unpaired) electrons. The van der Waals surface area contributed by atoms with Gasteiger partial charge in [-0.25, -0.2) is 6.07 Å². The average Bonchev–Trinajstić information content (AvgIpc) is 2.77. The Labute approximate surface area is 133 Å². The predicted octanol–water partition coefficient (Wildman–Crippen LogP) is 2.33. The number of aryl methyl sites for hydroxylation is 1. The van der Waals surface area contributed by atoms with Crippen molar-refractivity contribution in [2.24, 2.45) is 0 Å². The second kappa shape index (κ2) is 7.70. The normalized spacial score (nSPS) is 20.1. The number of hydrogen-bond donors (Lipinski definition) is 0. The zero-order valence-corrected chi connectivity index (χ0v) is 13.5. The summed E-state index contributed by atoms with van der Waals surface area (Å²) in [5, 5.41) is 3.09. The van der Waals surface area contributed by atoms with Crippen LogP contribution in [0.1, 0.15) is 37.0 Å². The maximum Gasteiger partial charge on any atom is 0.230 e. The summed E-state index contributed by atoms with van der Waals surface area (Å²) >= 11 is 1.67. The third-order valence-electron chi connectivity index (χ3n) is 3.10. The van der Waals surface area contributed by atoms with E-state index < -0.39 is 0 Å². The van der Waals surface area contributed by atoms with Crippen LogP contribution in [0.25, 0.3) is 0 Å². The van der Waals surface area contributed by atoms with Gasteiger partial charge in [0.2, 0.25) is 13.9 Å². The van der Waals surface area contributed by atoms with E-state index in [0.717, 1.165) is 32.1 Å². The molecule has 2 rings (SSSR count). The number of amides is 1. The van der Waals surface area contributed by atoms with Gasteiger partial charge in [-0.2, -0.15) is 6.07 Å². The van der Waals surface area contributed by atoms with Crippen molar-refractivity contribution in [3.05, 3.63) is 22.4 Å². The third kappa shape index (κ3) is 4.49. The maximum atomic E-state index is 11.4. The first-order chi connectivity index (χ1) is 7.77. The number of thiophene rings is 1. The second-order valence-corrected chi connectivity index (χ2v) is 5.22. The monoisotopic (exact) mass is 321 g/mol. The molecular formula is C12H15BNOSY-. The van der Waals surface area contributed by atoms with Crippen molar-refractivity contribution >= 4 is 25.2 Å². The summed E-state index contributed by atoms with van der Waals surface area (Å²) in [4.78, 5) is 14.2. The van der Waals surface area contributed by atoms with Gasteiger partial charge in [0.25, 0.3) is 0 Å². The fraction of sp³-hybridized carbons (Fsp3) is 0.583. The Morgan fingerprint density at radius 3 is 3.12 bits per heavy atom. The van der Waals surface area contributed by atoms with E-state index in [1.807, 2.05) is 6.07 Å². The van der Waals surface area contributed by atoms with E-state index >= 15 is 0 Å². The van der Waals surface area contributed by atoms with Crippen molar-refractivity contribution in [2.75, 3.05) is 0 Å². The summed E-state index contributed by atoms with van der Waals surface area (Å²) in [7, 11) is 5.76. The number of carbonyl (C=O) groups is 1. The van der Waals surface area contributed by atoms with Gasteiger partial charge in [-0.1, -0.05) is 12.8 Å². The van der Waals surface area contributed by atoms with E-state index in [2.05, 4.69) is 11.4 Å². The van der Waals surface area contributed by atoms with Gasteiger partial charge in [0.05, 0.1) is 0 Å². The molecule has 1 atom stereocenters. The third-order valence-corrected chi connectivity index (χ3v) is 3.95. The fourth-order valence-electron chi connectivity index (χ4n) is 2.16. The van der Waals surface area contributed by atoms with E-state index in [1.165, 1.54) is 9.69 Å². The fourth-order valence-corrected chi connectivity index (χ4v) is 2.83. The minimum absolute atomic E-state index is 0. The summed E-state index contributed by atoms with van der Waals surface area (Å²) < 4.78 is 0. The Morgan fingerprint density at radius 1 is 1.59 bits per heavy atom. The van der Waals surface area contributed by atoms with Crippen LogP contribution in [-0.2, 0) is 43.9 Å². The van der Waals surface area contributed by atoms with Crippen molar-refractivity contribution in [2.45, 2.75) is 44.6 Å². The molecule has 87 valence electrons. The van der Waals surface area contributed by atoms with E-state index in [4.69, 9.17) is 7.98 Å². The van der Waals surface area contributed by atoms with Crippen LogP contribution in [0.15, 0.2) is 12.1 Å². The number of nitrogens with zero attached hydrogens (tertiary/aromatic N) is 1. The Morgan fingerprint density at radius 2 is 2.41 bits per heavy atom. The van der Waals surface area contributed by atoms with Crippen molar-refractivity contribution in [1.82, 2.24) is 4.81 Å². The molecule has 0 aliphatic carbocycles. The van der Waals surface area contributed by atoms with Crippen molar-refractivity contribution in [3.8, 4) is 0 Å². The molecule has 5 heteroatoms. The quantitative estimate of drug-likeness (QED) is 0.616. The van der Waals surface area contributed by atoms with Gasteiger partial charge in [-0.3, -0.25) is 4.79 Å². The molecule has 2 nitrogen and oxygen atoms in total. The summed E-state index contributed by atoms with van der Waals surface area (Å²) in [6, 6.07) is 4.32. The molecule has 0 saturated carbocycles. The minimum atomic E-state index is 0. The van der Waals surface area contributed by atoms with Crippen molar-refractivity contribution in [3.63, 3.8) is 0 Å². The first-order valence-electron chi connectivity index (χ1n) is 5.79. The molecule has 1 aliphatic rings. The largest absolute Gasteiger partial charge is 0.394 e.